The third-order valence-corrected chi connectivity index (χ3v) is 6.23. The molecular weight excluding hydrogens is 312 g/mol. The molecule has 0 unspecified atom stereocenters. The summed E-state index contributed by atoms with van der Waals surface area (Å²) in [7, 11) is -3.69. The maximum Gasteiger partial charge on any atom is 0.244 e. The molecule has 0 N–H and O–H groups in total. The monoisotopic (exact) mass is 326 g/mol. The third-order valence-electron chi connectivity index (χ3n) is 3.88. The van der Waals surface area contributed by atoms with Crippen molar-refractivity contribution in [1.82, 2.24) is 4.31 Å². The quantitative estimate of drug-likeness (QED) is 0.852. The smallest absolute Gasteiger partial charge is 0.244 e. The van der Waals surface area contributed by atoms with Crippen molar-refractivity contribution in [2.75, 3.05) is 19.7 Å². The zero-order valence-electron chi connectivity index (χ0n) is 11.3. The molecule has 0 amide bonds. The number of hydrogen-bond acceptors (Lipinski definition) is 4. The number of sulfonamides is 1. The fourth-order valence-electron chi connectivity index (χ4n) is 2.53. The standard InChI is InChI=1S/C14H15ClN2O3S/c15-12-4-1-10(8-16)7-14(12)21(18,19)17-5-6-20-13(9-17)11-2-3-11/h1,4,7,11,13H,2-3,5-6,9H2/t13-/m1/s1. The van der Waals surface area contributed by atoms with Crippen LogP contribution in [0.2, 0.25) is 5.02 Å². The molecule has 1 saturated carbocycles. The Morgan fingerprint density at radius 2 is 2.14 bits per heavy atom. The highest BCUT2D eigenvalue weighted by molar-refractivity contribution is 7.89. The van der Waals surface area contributed by atoms with E-state index in [0.717, 1.165) is 12.8 Å². The van der Waals surface area contributed by atoms with E-state index in [1.54, 1.807) is 0 Å². The lowest BCUT2D eigenvalue weighted by Gasteiger charge is -2.32. The van der Waals surface area contributed by atoms with Gasteiger partial charge in [-0.15, -0.1) is 0 Å². The lowest BCUT2D eigenvalue weighted by atomic mass is 10.2. The predicted octanol–water partition coefficient (Wildman–Crippen LogP) is 2.01. The van der Waals surface area contributed by atoms with Crippen molar-refractivity contribution in [3.05, 3.63) is 28.8 Å². The van der Waals surface area contributed by atoms with E-state index in [0.29, 0.717) is 25.6 Å². The van der Waals surface area contributed by atoms with Crippen LogP contribution in [0.4, 0.5) is 0 Å². The molecule has 0 radical (unpaired) electrons. The van der Waals surface area contributed by atoms with Gasteiger partial charge in [0.1, 0.15) is 4.90 Å². The third kappa shape index (κ3) is 2.92. The molecule has 0 aromatic heterocycles. The fraction of sp³-hybridized carbons (Fsp3) is 0.500. The first-order valence-corrected chi connectivity index (χ1v) is 8.65. The summed E-state index contributed by atoms with van der Waals surface area (Å²) in [6.45, 7) is 1.08. The van der Waals surface area contributed by atoms with Crippen molar-refractivity contribution in [2.45, 2.75) is 23.8 Å². The Balaban J connectivity index is 1.91. The van der Waals surface area contributed by atoms with Crippen molar-refractivity contribution >= 4 is 21.6 Å². The number of nitrogens with zero attached hydrogens (tertiary/aromatic N) is 2. The molecule has 2 aliphatic rings. The molecule has 1 aromatic carbocycles. The number of rotatable bonds is 3. The van der Waals surface area contributed by atoms with Gasteiger partial charge in [-0.05, 0) is 37.0 Å². The van der Waals surface area contributed by atoms with E-state index in [4.69, 9.17) is 21.6 Å². The average Bonchev–Trinajstić information content (AvgIpc) is 3.32. The summed E-state index contributed by atoms with van der Waals surface area (Å²) in [6, 6.07) is 6.23. The minimum Gasteiger partial charge on any atom is -0.375 e. The van der Waals surface area contributed by atoms with Gasteiger partial charge in [-0.25, -0.2) is 8.42 Å². The van der Waals surface area contributed by atoms with Gasteiger partial charge in [0.25, 0.3) is 0 Å². The Labute approximate surface area is 129 Å². The highest BCUT2D eigenvalue weighted by Crippen LogP contribution is 2.37. The number of morpholine rings is 1. The summed E-state index contributed by atoms with van der Waals surface area (Å²) < 4.78 is 32.5. The van der Waals surface area contributed by atoms with Crippen LogP contribution in [0.5, 0.6) is 0 Å². The lowest BCUT2D eigenvalue weighted by molar-refractivity contribution is -0.0134. The second-order valence-corrected chi connectivity index (χ2v) is 7.68. The molecule has 3 rings (SSSR count). The summed E-state index contributed by atoms with van der Waals surface area (Å²) >= 11 is 6.02. The summed E-state index contributed by atoms with van der Waals surface area (Å²) in [5.74, 6) is 0.476. The summed E-state index contributed by atoms with van der Waals surface area (Å²) in [5.41, 5.74) is 0.282. The van der Waals surface area contributed by atoms with Gasteiger partial charge in [0.2, 0.25) is 10.0 Å². The Morgan fingerprint density at radius 1 is 1.38 bits per heavy atom. The van der Waals surface area contributed by atoms with E-state index in [2.05, 4.69) is 0 Å². The maximum absolute atomic E-state index is 12.7. The van der Waals surface area contributed by atoms with Gasteiger partial charge in [0.05, 0.1) is 29.4 Å². The van der Waals surface area contributed by atoms with E-state index >= 15 is 0 Å². The Kier molecular flexibility index (Phi) is 3.93. The molecule has 0 spiro atoms. The normalized spacial score (nSPS) is 23.7. The van der Waals surface area contributed by atoms with Gasteiger partial charge >= 0.3 is 0 Å². The van der Waals surface area contributed by atoms with Crippen LogP contribution in [0, 0.1) is 17.2 Å². The van der Waals surface area contributed by atoms with Gasteiger partial charge in [-0.2, -0.15) is 9.57 Å². The largest absolute Gasteiger partial charge is 0.375 e. The lowest BCUT2D eigenvalue weighted by Crippen LogP contribution is -2.46. The van der Waals surface area contributed by atoms with Crippen LogP contribution in [0.25, 0.3) is 0 Å². The molecule has 2 fully saturated rings. The zero-order chi connectivity index (χ0) is 15.0. The average molecular weight is 327 g/mol. The highest BCUT2D eigenvalue weighted by Gasteiger charge is 2.39. The Morgan fingerprint density at radius 3 is 2.81 bits per heavy atom. The van der Waals surface area contributed by atoms with Crippen molar-refractivity contribution in [2.24, 2.45) is 5.92 Å². The highest BCUT2D eigenvalue weighted by atomic mass is 35.5. The number of halogens is 1. The van der Waals surface area contributed by atoms with Crippen molar-refractivity contribution < 1.29 is 13.2 Å². The zero-order valence-corrected chi connectivity index (χ0v) is 12.9. The van der Waals surface area contributed by atoms with Crippen LogP contribution in [0.3, 0.4) is 0 Å². The van der Waals surface area contributed by atoms with Crippen LogP contribution >= 0.6 is 11.6 Å². The van der Waals surface area contributed by atoms with Gasteiger partial charge in [-0.1, -0.05) is 11.6 Å². The second-order valence-electron chi connectivity index (χ2n) is 5.37. The predicted molar refractivity (Wildman–Crippen MR) is 77.4 cm³/mol. The molecule has 1 saturated heterocycles. The number of benzene rings is 1. The van der Waals surface area contributed by atoms with Crippen molar-refractivity contribution in [1.29, 1.82) is 5.26 Å². The van der Waals surface area contributed by atoms with Gasteiger partial charge in [0.15, 0.2) is 0 Å². The summed E-state index contributed by atoms with van der Waals surface area (Å²) in [4.78, 5) is -0.000311. The topological polar surface area (TPSA) is 70.4 Å². The second kappa shape index (κ2) is 5.58. The van der Waals surface area contributed by atoms with E-state index in [-0.39, 0.29) is 21.6 Å². The van der Waals surface area contributed by atoms with Gasteiger partial charge in [0, 0.05) is 13.1 Å². The molecule has 1 heterocycles. The van der Waals surface area contributed by atoms with E-state index in [1.807, 2.05) is 6.07 Å². The van der Waals surface area contributed by atoms with E-state index < -0.39 is 10.0 Å². The first-order valence-electron chi connectivity index (χ1n) is 6.84. The van der Waals surface area contributed by atoms with E-state index in [9.17, 15) is 8.42 Å². The molecule has 7 heteroatoms. The summed E-state index contributed by atoms with van der Waals surface area (Å²) in [6.07, 6.45) is 2.18. The molecule has 1 aromatic rings. The minimum atomic E-state index is -3.69. The number of nitriles is 1. The number of ether oxygens (including phenoxy) is 1. The molecule has 0 bridgehead atoms. The van der Waals surface area contributed by atoms with Crippen LogP contribution in [-0.4, -0.2) is 38.5 Å². The molecule has 1 aliphatic heterocycles. The Hall–Kier alpha value is -1.13. The molecule has 1 atom stereocenters. The van der Waals surface area contributed by atoms with E-state index in [1.165, 1.54) is 22.5 Å². The minimum absolute atomic E-state index is 0.000311. The molecule has 5 nitrogen and oxygen atoms in total. The SMILES string of the molecule is N#Cc1ccc(Cl)c(S(=O)(=O)N2CCO[C@@H](C3CC3)C2)c1. The van der Waals surface area contributed by atoms with Crippen LogP contribution in [-0.2, 0) is 14.8 Å². The van der Waals surface area contributed by atoms with Gasteiger partial charge in [-0.3, -0.25) is 0 Å². The molecule has 1 aliphatic carbocycles. The first kappa shape index (κ1) is 14.8. The maximum atomic E-state index is 12.7. The molecule has 112 valence electrons. The molecular formula is C14H15ClN2O3S. The Bertz CT molecular complexity index is 695. The van der Waals surface area contributed by atoms with Crippen molar-refractivity contribution in [3.8, 4) is 6.07 Å². The van der Waals surface area contributed by atoms with Crippen molar-refractivity contribution in [3.63, 3.8) is 0 Å². The first-order chi connectivity index (χ1) is 10.0. The molecule has 21 heavy (non-hydrogen) atoms. The van der Waals surface area contributed by atoms with Gasteiger partial charge < -0.3 is 4.74 Å². The fourth-order valence-corrected chi connectivity index (χ4v) is 4.47. The summed E-state index contributed by atoms with van der Waals surface area (Å²) in [5, 5.41) is 9.07. The number of hydrogen-bond donors (Lipinski definition) is 0. The van der Waals surface area contributed by atoms with Crippen LogP contribution in [0.15, 0.2) is 23.1 Å². The van der Waals surface area contributed by atoms with Crippen LogP contribution < -0.4 is 0 Å². The van der Waals surface area contributed by atoms with Crippen LogP contribution in [0.1, 0.15) is 18.4 Å².